The van der Waals surface area contributed by atoms with Crippen LogP contribution in [-0.2, 0) is 10.0 Å². The maximum Gasteiger partial charge on any atom is 0.276 e. The molecule has 2 atom stereocenters. The molecule has 7 nitrogen and oxygen atoms in total. The van der Waals surface area contributed by atoms with Crippen LogP contribution in [-0.4, -0.2) is 42.0 Å². The number of rotatable bonds is 3. The minimum Gasteiger partial charge on any atom is -0.334 e. The fraction of sp³-hybridized carbons (Fsp3) is 0.692. The Balaban J connectivity index is 2.01. The van der Waals surface area contributed by atoms with E-state index in [4.69, 9.17) is 5.14 Å². The molecule has 0 radical (unpaired) electrons. The Labute approximate surface area is 123 Å². The van der Waals surface area contributed by atoms with Crippen molar-refractivity contribution in [1.82, 2.24) is 15.1 Å². The highest BCUT2D eigenvalue weighted by molar-refractivity contribution is 7.89. The number of nitrogens with zero attached hydrogens (tertiary/aromatic N) is 2. The summed E-state index contributed by atoms with van der Waals surface area (Å²) >= 11 is 0. The SMILES string of the molecule is CC1CC(C)N(C(=O)c2n[nH]c(C3CC3)c2S(N)(=O)=O)C1. The summed E-state index contributed by atoms with van der Waals surface area (Å²) in [6.45, 7) is 4.66. The number of nitrogens with two attached hydrogens (primary N) is 1. The standard InChI is InChI=1S/C13H20N4O3S/c1-7-5-8(2)17(6-7)13(18)11-12(21(14,19)20)10(15-16-11)9-3-4-9/h7-9H,3-6H2,1-2H3,(H,15,16)(H2,14,19,20). The number of carbonyl (C=O) groups is 1. The van der Waals surface area contributed by atoms with Gasteiger partial charge in [0, 0.05) is 18.5 Å². The third-order valence-electron chi connectivity index (χ3n) is 4.27. The summed E-state index contributed by atoms with van der Waals surface area (Å²) in [4.78, 5) is 14.2. The maximum absolute atomic E-state index is 12.7. The Kier molecular flexibility index (Phi) is 3.32. The zero-order valence-electron chi connectivity index (χ0n) is 12.2. The summed E-state index contributed by atoms with van der Waals surface area (Å²) in [5.74, 6) is 0.185. The first kappa shape index (κ1) is 14.5. The lowest BCUT2D eigenvalue weighted by Gasteiger charge is -2.20. The zero-order valence-corrected chi connectivity index (χ0v) is 13.0. The number of aromatic amines is 1. The molecule has 2 aliphatic rings. The lowest BCUT2D eigenvalue weighted by Crippen LogP contribution is -2.35. The van der Waals surface area contributed by atoms with Crippen molar-refractivity contribution in [3.8, 4) is 0 Å². The van der Waals surface area contributed by atoms with Crippen molar-refractivity contribution < 1.29 is 13.2 Å². The van der Waals surface area contributed by atoms with Crippen molar-refractivity contribution >= 4 is 15.9 Å². The summed E-state index contributed by atoms with van der Waals surface area (Å²) in [5.41, 5.74) is 0.432. The number of sulfonamides is 1. The Morgan fingerprint density at radius 3 is 2.52 bits per heavy atom. The molecule has 2 unspecified atom stereocenters. The molecule has 1 amide bonds. The summed E-state index contributed by atoms with van der Waals surface area (Å²) in [6.07, 6.45) is 2.71. The maximum atomic E-state index is 12.7. The van der Waals surface area contributed by atoms with Crippen LogP contribution >= 0.6 is 0 Å². The number of amides is 1. The van der Waals surface area contributed by atoms with E-state index in [9.17, 15) is 13.2 Å². The van der Waals surface area contributed by atoms with E-state index in [0.29, 0.717) is 18.2 Å². The van der Waals surface area contributed by atoms with Crippen LogP contribution in [0.3, 0.4) is 0 Å². The molecule has 1 aromatic heterocycles. The molecule has 116 valence electrons. The van der Waals surface area contributed by atoms with Gasteiger partial charge in [-0.1, -0.05) is 6.92 Å². The van der Waals surface area contributed by atoms with Crippen molar-refractivity contribution in [1.29, 1.82) is 0 Å². The van der Waals surface area contributed by atoms with Gasteiger partial charge in [-0.05, 0) is 32.1 Å². The number of aromatic nitrogens is 2. The van der Waals surface area contributed by atoms with Crippen LogP contribution in [0.1, 0.15) is 55.2 Å². The summed E-state index contributed by atoms with van der Waals surface area (Å²) in [6, 6.07) is 0.0851. The smallest absolute Gasteiger partial charge is 0.276 e. The number of hydrogen-bond donors (Lipinski definition) is 2. The first-order valence-electron chi connectivity index (χ1n) is 7.21. The fourth-order valence-electron chi connectivity index (χ4n) is 3.15. The summed E-state index contributed by atoms with van der Waals surface area (Å²) in [5, 5.41) is 12.0. The second-order valence-corrected chi connectivity index (χ2v) is 7.78. The topological polar surface area (TPSA) is 109 Å². The predicted molar refractivity (Wildman–Crippen MR) is 76.2 cm³/mol. The van der Waals surface area contributed by atoms with Gasteiger partial charge < -0.3 is 4.90 Å². The van der Waals surface area contributed by atoms with Gasteiger partial charge in [-0.2, -0.15) is 5.10 Å². The first-order chi connectivity index (χ1) is 9.79. The highest BCUT2D eigenvalue weighted by atomic mass is 32.2. The Morgan fingerprint density at radius 1 is 1.38 bits per heavy atom. The molecule has 8 heteroatoms. The van der Waals surface area contributed by atoms with Gasteiger partial charge in [-0.15, -0.1) is 0 Å². The lowest BCUT2D eigenvalue weighted by molar-refractivity contribution is 0.0734. The fourth-order valence-corrected chi connectivity index (χ4v) is 4.07. The van der Waals surface area contributed by atoms with Gasteiger partial charge in [-0.25, -0.2) is 13.6 Å². The predicted octanol–water partition coefficient (Wildman–Crippen LogP) is 0.805. The molecule has 1 saturated carbocycles. The molecule has 2 heterocycles. The molecule has 3 N–H and O–H groups in total. The molecule has 1 aliphatic heterocycles. The molecule has 1 aliphatic carbocycles. The Bertz CT molecular complexity index is 678. The molecule has 0 spiro atoms. The quantitative estimate of drug-likeness (QED) is 0.860. The minimum absolute atomic E-state index is 0.0552. The molecule has 3 rings (SSSR count). The van der Waals surface area contributed by atoms with E-state index in [2.05, 4.69) is 17.1 Å². The van der Waals surface area contributed by atoms with Crippen LogP contribution in [0.15, 0.2) is 4.90 Å². The summed E-state index contributed by atoms with van der Waals surface area (Å²) < 4.78 is 23.8. The molecule has 1 aromatic rings. The second-order valence-electron chi connectivity index (χ2n) is 6.28. The van der Waals surface area contributed by atoms with E-state index in [-0.39, 0.29) is 28.5 Å². The van der Waals surface area contributed by atoms with Gasteiger partial charge in [0.15, 0.2) is 5.69 Å². The zero-order chi connectivity index (χ0) is 15.4. The summed E-state index contributed by atoms with van der Waals surface area (Å²) in [7, 11) is -3.97. The van der Waals surface area contributed by atoms with Crippen LogP contribution in [0.5, 0.6) is 0 Å². The molecule has 1 saturated heterocycles. The van der Waals surface area contributed by atoms with Crippen molar-refractivity contribution in [2.45, 2.75) is 50.0 Å². The van der Waals surface area contributed by atoms with E-state index in [1.54, 1.807) is 4.90 Å². The van der Waals surface area contributed by atoms with Gasteiger partial charge >= 0.3 is 0 Å². The largest absolute Gasteiger partial charge is 0.334 e. The van der Waals surface area contributed by atoms with E-state index < -0.39 is 10.0 Å². The average molecular weight is 312 g/mol. The van der Waals surface area contributed by atoms with Crippen LogP contribution < -0.4 is 5.14 Å². The van der Waals surface area contributed by atoms with Crippen molar-refractivity contribution in [3.63, 3.8) is 0 Å². The van der Waals surface area contributed by atoms with E-state index in [1.807, 2.05) is 6.92 Å². The molecule has 0 bridgehead atoms. The van der Waals surface area contributed by atoms with Crippen molar-refractivity contribution in [3.05, 3.63) is 11.4 Å². The first-order valence-corrected chi connectivity index (χ1v) is 8.75. The lowest BCUT2D eigenvalue weighted by atomic mass is 10.1. The van der Waals surface area contributed by atoms with E-state index >= 15 is 0 Å². The molecule has 21 heavy (non-hydrogen) atoms. The normalized spacial score (nSPS) is 26.3. The number of primary sulfonamides is 1. The van der Waals surface area contributed by atoms with E-state index in [0.717, 1.165) is 19.3 Å². The monoisotopic (exact) mass is 312 g/mol. The number of hydrogen-bond acceptors (Lipinski definition) is 4. The van der Waals surface area contributed by atoms with Gasteiger partial charge in [0.25, 0.3) is 5.91 Å². The third-order valence-corrected chi connectivity index (χ3v) is 5.25. The molecule has 2 fully saturated rings. The van der Waals surface area contributed by atoms with Gasteiger partial charge in [-0.3, -0.25) is 9.89 Å². The third kappa shape index (κ3) is 2.57. The average Bonchev–Trinajstić information content (AvgIpc) is 3.02. The van der Waals surface area contributed by atoms with Crippen molar-refractivity contribution in [2.24, 2.45) is 11.1 Å². The molecule has 0 aromatic carbocycles. The highest BCUT2D eigenvalue weighted by Gasteiger charge is 2.39. The number of carbonyl (C=O) groups excluding carboxylic acids is 1. The van der Waals surface area contributed by atoms with Gasteiger partial charge in [0.05, 0.1) is 5.69 Å². The van der Waals surface area contributed by atoms with Crippen LogP contribution in [0, 0.1) is 5.92 Å². The van der Waals surface area contributed by atoms with Gasteiger partial charge in [0.2, 0.25) is 10.0 Å². The number of nitrogens with one attached hydrogen (secondary N) is 1. The molecular formula is C13H20N4O3S. The minimum atomic E-state index is -3.97. The molecular weight excluding hydrogens is 292 g/mol. The van der Waals surface area contributed by atoms with Crippen LogP contribution in [0.25, 0.3) is 0 Å². The van der Waals surface area contributed by atoms with Gasteiger partial charge in [0.1, 0.15) is 4.90 Å². The van der Waals surface area contributed by atoms with Crippen LogP contribution in [0.2, 0.25) is 0 Å². The van der Waals surface area contributed by atoms with Crippen molar-refractivity contribution in [2.75, 3.05) is 6.54 Å². The second kappa shape index (κ2) is 4.81. The highest BCUT2D eigenvalue weighted by Crippen LogP contribution is 2.42. The Morgan fingerprint density at radius 2 is 2.05 bits per heavy atom. The van der Waals surface area contributed by atoms with E-state index in [1.165, 1.54) is 0 Å². The number of H-pyrrole nitrogens is 1. The van der Waals surface area contributed by atoms with Crippen LogP contribution in [0.4, 0.5) is 0 Å². The Hall–Kier alpha value is -1.41. The number of likely N-dealkylation sites (tertiary alicyclic amines) is 1.